The minimum absolute atomic E-state index is 0.0118. The summed E-state index contributed by atoms with van der Waals surface area (Å²) in [4.78, 5) is 18.2. The Morgan fingerprint density at radius 2 is 1.92 bits per heavy atom. The van der Waals surface area contributed by atoms with Crippen molar-refractivity contribution in [2.45, 2.75) is 88.9 Å². The number of nitrogens with zero attached hydrogens (tertiary/aromatic N) is 1. The Balaban J connectivity index is 1.44. The number of benzene rings is 2. The van der Waals surface area contributed by atoms with Crippen LogP contribution in [-0.4, -0.2) is 80.1 Å². The highest BCUT2D eigenvalue weighted by atomic mass is 33.1. The van der Waals surface area contributed by atoms with Crippen molar-refractivity contribution >= 4 is 33.3 Å². The zero-order chi connectivity index (χ0) is 35.5. The standard InChI is InChI=1S/C37H47N3O8S2/c1-19(2)29-17-49-50-32-11-8-21-12-23-13-22(33(45)35-26(23)15-27(36(46)48-35)28(32)16-39-37(38)40-29)4-3-5-25-20(6-9-24(42)14-31(21)44)7-10-30(43)34(25)47-18-41/h7,10,13,19,21,27-29,31-32,36,41,43-46H,4,6,8-9,11-12,14-18H2,1-2H3,(H3,38,39,40). The maximum absolute atomic E-state index is 13.4. The van der Waals surface area contributed by atoms with Crippen molar-refractivity contribution in [1.29, 1.82) is 0 Å². The molecule has 0 saturated carbocycles. The van der Waals surface area contributed by atoms with Gasteiger partial charge in [-0.2, -0.15) is 0 Å². The van der Waals surface area contributed by atoms with Gasteiger partial charge in [-0.3, -0.25) is 9.79 Å². The first-order valence-corrected chi connectivity index (χ1v) is 19.7. The monoisotopic (exact) mass is 725 g/mol. The fourth-order valence-electron chi connectivity index (χ4n) is 7.54. The van der Waals surface area contributed by atoms with Crippen LogP contribution in [0.4, 0.5) is 0 Å². The minimum atomic E-state index is -1.20. The first-order chi connectivity index (χ1) is 24.0. The summed E-state index contributed by atoms with van der Waals surface area (Å²) in [6.45, 7) is 4.00. The number of hydrogen-bond donors (Lipinski definition) is 7. The summed E-state index contributed by atoms with van der Waals surface area (Å²) in [6.07, 6.45) is 0.713. The van der Waals surface area contributed by atoms with E-state index in [0.29, 0.717) is 60.8 Å². The molecule has 2 aromatic rings. The second kappa shape index (κ2) is 15.9. The molecular formula is C37H47N3O8S2. The van der Waals surface area contributed by atoms with E-state index in [0.717, 1.165) is 23.3 Å². The van der Waals surface area contributed by atoms with E-state index < -0.39 is 19.2 Å². The van der Waals surface area contributed by atoms with Crippen molar-refractivity contribution in [3.63, 3.8) is 0 Å². The Morgan fingerprint density at radius 1 is 1.10 bits per heavy atom. The number of hydrogen-bond acceptors (Lipinski definition) is 13. The van der Waals surface area contributed by atoms with Gasteiger partial charge in [0.25, 0.3) is 0 Å². The van der Waals surface area contributed by atoms with E-state index in [1.165, 1.54) is 6.07 Å². The topological polar surface area (TPSA) is 187 Å². The SMILES string of the molecule is CC(C)C1CSSC2CCC3Cc4cc(c(O)c5c4CC(C(O)O5)C2CN=C(N)N1)CC#Cc1c(ccc(O)c1OCO)CCC(=O)CC3O. The number of rotatable bonds is 3. The number of nitrogens with one attached hydrogen (secondary N) is 1. The van der Waals surface area contributed by atoms with E-state index in [1.54, 1.807) is 27.7 Å². The predicted octanol–water partition coefficient (Wildman–Crippen LogP) is 3.42. The number of carbonyl (C=O) groups excluding carboxylic acids is 1. The molecule has 0 radical (unpaired) electrons. The first kappa shape index (κ1) is 36.5. The van der Waals surface area contributed by atoms with Crippen LogP contribution in [0.2, 0.25) is 0 Å². The summed E-state index contributed by atoms with van der Waals surface area (Å²) < 4.78 is 11.5. The van der Waals surface area contributed by atoms with Crippen LogP contribution in [0.15, 0.2) is 23.2 Å². The van der Waals surface area contributed by atoms with Crippen LogP contribution in [0.3, 0.4) is 0 Å². The normalized spacial score (nSPS) is 28.7. The average molecular weight is 726 g/mol. The molecule has 4 aliphatic rings. The van der Waals surface area contributed by atoms with Crippen molar-refractivity contribution in [3.05, 3.63) is 46.0 Å². The summed E-state index contributed by atoms with van der Waals surface area (Å²) in [5, 5.41) is 58.2. The van der Waals surface area contributed by atoms with Gasteiger partial charge in [0.05, 0.1) is 11.7 Å². The van der Waals surface area contributed by atoms with Gasteiger partial charge in [0, 0.05) is 65.8 Å². The first-order valence-electron chi connectivity index (χ1n) is 17.4. The number of aliphatic hydroxyl groups is 3. The minimum Gasteiger partial charge on any atom is -0.504 e. The molecule has 2 aliphatic heterocycles. The molecule has 0 spiro atoms. The number of phenols is 2. The number of ether oxygens (including phenoxy) is 2. The molecule has 13 heteroatoms. The lowest BCUT2D eigenvalue weighted by Crippen LogP contribution is -2.47. The third-order valence-electron chi connectivity index (χ3n) is 10.5. The van der Waals surface area contributed by atoms with E-state index in [-0.39, 0.29) is 77.1 Å². The molecule has 5 bridgehead atoms. The Morgan fingerprint density at radius 3 is 2.70 bits per heavy atom. The third-order valence-corrected chi connectivity index (χ3v) is 13.6. The number of Topliss-reactive ketones (excluding diaryl/α,β-unsaturated/α-hetero) is 1. The molecule has 0 aromatic heterocycles. The lowest BCUT2D eigenvalue weighted by molar-refractivity contribution is -0.121. The van der Waals surface area contributed by atoms with E-state index in [4.69, 9.17) is 20.2 Å². The number of aryl methyl sites for hydroxylation is 1. The number of aromatic hydroxyl groups is 2. The molecule has 2 aromatic carbocycles. The number of carbonyl (C=O) groups is 1. The fourth-order valence-corrected chi connectivity index (χ4v) is 11.0. The van der Waals surface area contributed by atoms with Crippen LogP contribution in [0.5, 0.6) is 23.0 Å². The fraction of sp³-hybridized carbons (Fsp3) is 0.568. The number of guanidine groups is 1. The van der Waals surface area contributed by atoms with E-state index >= 15 is 0 Å². The number of phenolic OH excluding ortho intramolecular Hbond substituents is 2. The second-order valence-corrected chi connectivity index (χ2v) is 16.7. The number of aliphatic hydroxyl groups excluding tert-OH is 3. The van der Waals surface area contributed by atoms with Gasteiger partial charge in [0.2, 0.25) is 6.29 Å². The molecule has 0 amide bonds. The van der Waals surface area contributed by atoms with Crippen molar-refractivity contribution in [2.75, 3.05) is 19.1 Å². The smallest absolute Gasteiger partial charge is 0.201 e. The molecule has 6 rings (SSSR count). The molecular weight excluding hydrogens is 679 g/mol. The molecule has 8 N–H and O–H groups in total. The van der Waals surface area contributed by atoms with Crippen LogP contribution < -0.4 is 20.5 Å². The second-order valence-electron chi connectivity index (χ2n) is 14.1. The number of fused-ring (bicyclic) bond motifs is 6. The summed E-state index contributed by atoms with van der Waals surface area (Å²) in [6, 6.07) is 5.16. The molecule has 7 atom stereocenters. The lowest BCUT2D eigenvalue weighted by atomic mass is 9.75. The quantitative estimate of drug-likeness (QED) is 0.139. The Bertz CT molecular complexity index is 1670. The predicted molar refractivity (Wildman–Crippen MR) is 194 cm³/mol. The Kier molecular flexibility index (Phi) is 11.6. The third kappa shape index (κ3) is 7.95. The number of aliphatic imine (C=N–C) groups is 1. The Hall–Kier alpha value is -3.28. The van der Waals surface area contributed by atoms with Crippen molar-refractivity contribution in [1.82, 2.24) is 5.32 Å². The lowest BCUT2D eigenvalue weighted by Gasteiger charge is -2.41. The highest BCUT2D eigenvalue weighted by Gasteiger charge is 2.43. The molecule has 7 unspecified atom stereocenters. The molecule has 11 nitrogen and oxygen atoms in total. The molecule has 2 aliphatic carbocycles. The van der Waals surface area contributed by atoms with Gasteiger partial charge in [-0.25, -0.2) is 0 Å². The number of nitrogens with two attached hydrogens (primary N) is 1. The van der Waals surface area contributed by atoms with Crippen molar-refractivity contribution in [2.24, 2.45) is 34.4 Å². The Labute approximate surface area is 300 Å². The molecule has 50 heavy (non-hydrogen) atoms. The van der Waals surface area contributed by atoms with Gasteiger partial charge in [-0.05, 0) is 61.1 Å². The summed E-state index contributed by atoms with van der Waals surface area (Å²) in [7, 11) is 3.56. The number of ketones is 1. The summed E-state index contributed by atoms with van der Waals surface area (Å²) in [5.41, 5.74) is 9.52. The maximum atomic E-state index is 13.4. The van der Waals surface area contributed by atoms with Gasteiger partial charge in [-0.15, -0.1) is 0 Å². The van der Waals surface area contributed by atoms with Gasteiger partial charge in [0.1, 0.15) is 5.78 Å². The molecule has 2 heterocycles. The van der Waals surface area contributed by atoms with E-state index in [9.17, 15) is 30.3 Å². The summed E-state index contributed by atoms with van der Waals surface area (Å²) in [5.74, 6) is 6.78. The highest BCUT2D eigenvalue weighted by molar-refractivity contribution is 8.77. The zero-order valence-corrected chi connectivity index (χ0v) is 30.1. The zero-order valence-electron chi connectivity index (χ0n) is 28.4. The summed E-state index contributed by atoms with van der Waals surface area (Å²) >= 11 is 0. The van der Waals surface area contributed by atoms with Crippen LogP contribution in [-0.2, 0) is 30.5 Å². The molecule has 270 valence electrons. The molecule has 0 saturated heterocycles. The van der Waals surface area contributed by atoms with Crippen LogP contribution in [0.25, 0.3) is 0 Å². The van der Waals surface area contributed by atoms with Crippen molar-refractivity contribution < 1.29 is 39.8 Å². The van der Waals surface area contributed by atoms with Crippen LogP contribution in [0.1, 0.15) is 67.3 Å². The van der Waals surface area contributed by atoms with Gasteiger partial charge < -0.3 is 46.1 Å². The van der Waals surface area contributed by atoms with E-state index in [1.807, 2.05) is 6.07 Å². The van der Waals surface area contributed by atoms with Gasteiger partial charge >= 0.3 is 0 Å². The maximum Gasteiger partial charge on any atom is 0.201 e. The van der Waals surface area contributed by atoms with E-state index in [2.05, 4.69) is 31.0 Å². The van der Waals surface area contributed by atoms with Crippen LogP contribution in [0, 0.1) is 35.5 Å². The average Bonchev–Trinajstić information content (AvgIpc) is 3.08. The molecule has 0 fully saturated rings. The van der Waals surface area contributed by atoms with Crippen molar-refractivity contribution in [3.8, 4) is 34.8 Å². The van der Waals surface area contributed by atoms with Gasteiger partial charge in [-0.1, -0.05) is 59.4 Å². The van der Waals surface area contributed by atoms with Crippen LogP contribution >= 0.6 is 21.6 Å². The highest BCUT2D eigenvalue weighted by Crippen LogP contribution is 2.49. The van der Waals surface area contributed by atoms with Gasteiger partial charge in [0.15, 0.2) is 35.8 Å². The largest absolute Gasteiger partial charge is 0.504 e.